The molecule has 29 heavy (non-hydrogen) atoms. The van der Waals surface area contributed by atoms with E-state index in [1.54, 1.807) is 17.1 Å². The van der Waals surface area contributed by atoms with Crippen LogP contribution in [-0.2, 0) is 0 Å². The Morgan fingerprint density at radius 2 is 2.07 bits per heavy atom. The van der Waals surface area contributed by atoms with Gasteiger partial charge in [-0.3, -0.25) is 9.67 Å². The van der Waals surface area contributed by atoms with E-state index < -0.39 is 0 Å². The number of nitrogens with one attached hydrogen (secondary N) is 1. The Kier molecular flexibility index (Phi) is 3.89. The van der Waals surface area contributed by atoms with Crippen molar-refractivity contribution in [3.8, 4) is 23.2 Å². The van der Waals surface area contributed by atoms with Crippen LogP contribution < -0.4 is 4.90 Å². The smallest absolute Gasteiger partial charge is 0.254 e. The van der Waals surface area contributed by atoms with E-state index in [9.17, 15) is 0 Å². The molecule has 0 fully saturated rings. The van der Waals surface area contributed by atoms with Gasteiger partial charge in [0.05, 0.1) is 12.2 Å². The maximum absolute atomic E-state index is 4.91. The fourth-order valence-corrected chi connectivity index (χ4v) is 3.91. The van der Waals surface area contributed by atoms with Gasteiger partial charge in [0.25, 0.3) is 5.95 Å². The SMILES string of the molecule is CCC1c2nnc(C)n2-c2cnc(-n3ncnc3-c3ccn[nH]3)nc2N1C(C)C. The summed E-state index contributed by atoms with van der Waals surface area (Å²) < 4.78 is 3.66. The zero-order valence-electron chi connectivity index (χ0n) is 16.6. The van der Waals surface area contributed by atoms with E-state index in [0.29, 0.717) is 11.8 Å². The van der Waals surface area contributed by atoms with Crippen LogP contribution >= 0.6 is 0 Å². The van der Waals surface area contributed by atoms with Crippen molar-refractivity contribution in [1.29, 1.82) is 0 Å². The van der Waals surface area contributed by atoms with Crippen LogP contribution in [0.4, 0.5) is 5.82 Å². The molecule has 0 radical (unpaired) electrons. The fourth-order valence-electron chi connectivity index (χ4n) is 3.91. The molecule has 0 bridgehead atoms. The number of H-pyrrole nitrogens is 1. The summed E-state index contributed by atoms with van der Waals surface area (Å²) in [4.78, 5) is 16.1. The lowest BCUT2D eigenvalue weighted by atomic mass is 10.1. The topological polar surface area (TPSA) is 119 Å². The number of nitrogens with zero attached hydrogens (tertiary/aromatic N) is 10. The summed E-state index contributed by atoms with van der Waals surface area (Å²) in [6, 6.07) is 2.13. The molecule has 4 aromatic heterocycles. The summed E-state index contributed by atoms with van der Waals surface area (Å²) >= 11 is 0. The minimum atomic E-state index is 0.0780. The third kappa shape index (κ3) is 2.53. The lowest BCUT2D eigenvalue weighted by molar-refractivity contribution is 0.495. The monoisotopic (exact) mass is 391 g/mol. The molecule has 5 rings (SSSR count). The normalized spacial score (nSPS) is 15.6. The van der Waals surface area contributed by atoms with Crippen molar-refractivity contribution in [1.82, 2.24) is 49.7 Å². The van der Waals surface area contributed by atoms with E-state index in [-0.39, 0.29) is 12.1 Å². The molecule has 1 aliphatic heterocycles. The number of rotatable bonds is 4. The van der Waals surface area contributed by atoms with E-state index in [4.69, 9.17) is 4.98 Å². The van der Waals surface area contributed by atoms with Crippen molar-refractivity contribution in [2.75, 3.05) is 4.90 Å². The predicted octanol–water partition coefficient (Wildman–Crippen LogP) is 2.02. The lowest BCUT2D eigenvalue weighted by Gasteiger charge is -2.39. The van der Waals surface area contributed by atoms with E-state index in [2.05, 4.69) is 61.1 Å². The Hall–Kier alpha value is -3.63. The second kappa shape index (κ2) is 6.47. The zero-order valence-corrected chi connectivity index (χ0v) is 16.6. The molecule has 0 saturated heterocycles. The number of hydrogen-bond donors (Lipinski definition) is 1. The van der Waals surface area contributed by atoms with E-state index in [1.165, 1.54) is 6.33 Å². The van der Waals surface area contributed by atoms with Gasteiger partial charge in [0, 0.05) is 12.2 Å². The zero-order chi connectivity index (χ0) is 20.1. The minimum absolute atomic E-state index is 0.0780. The fraction of sp³-hybridized carbons (Fsp3) is 0.389. The molecular formula is C18H21N11. The van der Waals surface area contributed by atoms with Gasteiger partial charge in [-0.25, -0.2) is 9.97 Å². The van der Waals surface area contributed by atoms with Gasteiger partial charge in [-0.05, 0) is 33.3 Å². The number of aryl methyl sites for hydroxylation is 1. The third-order valence-corrected chi connectivity index (χ3v) is 5.13. The number of anilines is 1. The van der Waals surface area contributed by atoms with Gasteiger partial charge in [-0.15, -0.1) is 10.2 Å². The number of fused-ring (bicyclic) bond motifs is 3. The molecule has 0 saturated carbocycles. The first-order valence-electron chi connectivity index (χ1n) is 9.58. The van der Waals surface area contributed by atoms with Crippen molar-refractivity contribution < 1.29 is 0 Å². The molecule has 11 heteroatoms. The van der Waals surface area contributed by atoms with E-state index in [0.717, 1.165) is 35.3 Å². The molecule has 0 spiro atoms. The van der Waals surface area contributed by atoms with Crippen LogP contribution in [0, 0.1) is 6.92 Å². The van der Waals surface area contributed by atoms with Crippen molar-refractivity contribution in [2.24, 2.45) is 0 Å². The summed E-state index contributed by atoms with van der Waals surface area (Å²) in [7, 11) is 0. The van der Waals surface area contributed by atoms with Gasteiger partial charge in [0.2, 0.25) is 0 Å². The Balaban J connectivity index is 1.71. The molecule has 0 amide bonds. The van der Waals surface area contributed by atoms with Crippen molar-refractivity contribution in [2.45, 2.75) is 46.2 Å². The van der Waals surface area contributed by atoms with Crippen LogP contribution in [0.3, 0.4) is 0 Å². The van der Waals surface area contributed by atoms with Crippen molar-refractivity contribution >= 4 is 5.82 Å². The quantitative estimate of drug-likeness (QED) is 0.561. The van der Waals surface area contributed by atoms with Gasteiger partial charge in [-0.1, -0.05) is 6.92 Å². The lowest BCUT2D eigenvalue weighted by Crippen LogP contribution is -2.40. The highest BCUT2D eigenvalue weighted by atomic mass is 15.4. The molecule has 11 nitrogen and oxygen atoms in total. The van der Waals surface area contributed by atoms with Crippen LogP contribution in [0.2, 0.25) is 0 Å². The Morgan fingerprint density at radius 3 is 2.79 bits per heavy atom. The highest BCUT2D eigenvalue weighted by Crippen LogP contribution is 2.40. The average Bonchev–Trinajstić information content (AvgIpc) is 3.46. The molecule has 0 aliphatic carbocycles. The minimum Gasteiger partial charge on any atom is -0.342 e. The first kappa shape index (κ1) is 17.5. The van der Waals surface area contributed by atoms with Crippen LogP contribution in [0.5, 0.6) is 0 Å². The van der Waals surface area contributed by atoms with Crippen molar-refractivity contribution in [3.63, 3.8) is 0 Å². The van der Waals surface area contributed by atoms with Gasteiger partial charge in [0.1, 0.15) is 23.5 Å². The van der Waals surface area contributed by atoms with Crippen molar-refractivity contribution in [3.05, 3.63) is 36.4 Å². The molecule has 4 aromatic rings. The van der Waals surface area contributed by atoms with Gasteiger partial charge < -0.3 is 4.90 Å². The van der Waals surface area contributed by atoms with E-state index in [1.807, 2.05) is 17.6 Å². The average molecular weight is 391 g/mol. The van der Waals surface area contributed by atoms with Gasteiger partial charge in [0.15, 0.2) is 17.5 Å². The molecule has 1 aliphatic rings. The standard InChI is InChI=1S/C18H21N11/c1-5-13-17-26-24-11(4)28(17)14-8-19-18(23-16(14)27(13)10(2)3)29-15(20-9-22-29)12-6-7-21-25-12/h6-10,13H,5H2,1-4H3,(H,21,25). The molecule has 0 aromatic carbocycles. The molecule has 5 heterocycles. The number of hydrogen-bond acceptors (Lipinski definition) is 8. The molecular weight excluding hydrogens is 370 g/mol. The maximum atomic E-state index is 4.91. The molecule has 1 unspecified atom stereocenters. The van der Waals surface area contributed by atoms with Gasteiger partial charge in [-0.2, -0.15) is 19.9 Å². The largest absolute Gasteiger partial charge is 0.342 e. The second-order valence-electron chi connectivity index (χ2n) is 7.21. The molecule has 1 N–H and O–H groups in total. The summed E-state index contributed by atoms with van der Waals surface area (Å²) in [5, 5.41) is 20.0. The van der Waals surface area contributed by atoms with Crippen LogP contribution in [0.1, 0.15) is 44.9 Å². The number of aromatic nitrogens is 10. The van der Waals surface area contributed by atoms with Crippen LogP contribution in [0.25, 0.3) is 23.2 Å². The highest BCUT2D eigenvalue weighted by Gasteiger charge is 2.36. The maximum Gasteiger partial charge on any atom is 0.254 e. The van der Waals surface area contributed by atoms with Gasteiger partial charge >= 0.3 is 0 Å². The van der Waals surface area contributed by atoms with E-state index >= 15 is 0 Å². The first-order chi connectivity index (χ1) is 14.1. The highest BCUT2D eigenvalue weighted by molar-refractivity contribution is 5.63. The summed E-state index contributed by atoms with van der Waals surface area (Å²) in [5.74, 6) is 3.61. The Morgan fingerprint density at radius 1 is 1.21 bits per heavy atom. The predicted molar refractivity (Wildman–Crippen MR) is 105 cm³/mol. The number of aromatic amines is 1. The van der Waals surface area contributed by atoms with Crippen LogP contribution in [0.15, 0.2) is 24.8 Å². The second-order valence-corrected chi connectivity index (χ2v) is 7.21. The summed E-state index contributed by atoms with van der Waals surface area (Å²) in [6.45, 7) is 8.40. The first-order valence-corrected chi connectivity index (χ1v) is 9.58. The molecule has 148 valence electrons. The summed E-state index contributed by atoms with van der Waals surface area (Å²) in [5.41, 5.74) is 1.61. The van der Waals surface area contributed by atoms with Crippen LogP contribution in [-0.4, -0.2) is 55.7 Å². The third-order valence-electron chi connectivity index (χ3n) is 5.13. The Labute approximate surface area is 166 Å². The Bertz CT molecular complexity index is 1150. The summed E-state index contributed by atoms with van der Waals surface area (Å²) in [6.07, 6.45) is 5.84. The molecule has 1 atom stereocenters.